The van der Waals surface area contributed by atoms with Crippen LogP contribution in [0.4, 0.5) is 11.4 Å². The highest BCUT2D eigenvalue weighted by atomic mass is 16.6. The molecule has 2 rings (SSSR count). The largest absolute Gasteiger partial charge is 0.396 e. The molecule has 0 aromatic heterocycles. The number of nitro benzene ring substituents is 1. The van der Waals surface area contributed by atoms with E-state index in [9.17, 15) is 15.2 Å². The predicted octanol–water partition coefficient (Wildman–Crippen LogP) is 2.72. The van der Waals surface area contributed by atoms with Gasteiger partial charge in [-0.25, -0.2) is 0 Å². The molecule has 0 heterocycles. The Balaban J connectivity index is 1.98. The molecule has 1 aliphatic rings. The zero-order valence-corrected chi connectivity index (χ0v) is 11.1. The average Bonchev–Trinajstić information content (AvgIpc) is 2.84. The van der Waals surface area contributed by atoms with Crippen molar-refractivity contribution in [1.29, 1.82) is 0 Å². The van der Waals surface area contributed by atoms with Gasteiger partial charge in [0.15, 0.2) is 0 Å². The Bertz CT molecular complexity index is 462. The van der Waals surface area contributed by atoms with Crippen molar-refractivity contribution in [3.8, 4) is 0 Å². The molecule has 0 saturated heterocycles. The number of anilines is 1. The van der Waals surface area contributed by atoms with Gasteiger partial charge >= 0.3 is 0 Å². The lowest BCUT2D eigenvalue weighted by atomic mass is 9.97. The summed E-state index contributed by atoms with van der Waals surface area (Å²) < 4.78 is 0. The Morgan fingerprint density at radius 1 is 1.42 bits per heavy atom. The Morgan fingerprint density at radius 2 is 2.16 bits per heavy atom. The monoisotopic (exact) mass is 264 g/mol. The molecule has 0 amide bonds. The molecule has 0 aliphatic heterocycles. The SMILES string of the molecule is Cc1cc([N+](=O)[O-])ccc1NCC1CCCC1CO. The molecule has 19 heavy (non-hydrogen) atoms. The van der Waals surface area contributed by atoms with E-state index in [1.807, 2.05) is 6.92 Å². The second kappa shape index (κ2) is 6.02. The Hall–Kier alpha value is -1.62. The normalized spacial score (nSPS) is 22.4. The summed E-state index contributed by atoms with van der Waals surface area (Å²) in [5.74, 6) is 0.894. The predicted molar refractivity (Wildman–Crippen MR) is 74.2 cm³/mol. The van der Waals surface area contributed by atoms with Crippen molar-refractivity contribution in [2.75, 3.05) is 18.5 Å². The minimum Gasteiger partial charge on any atom is -0.396 e. The first kappa shape index (κ1) is 13.8. The summed E-state index contributed by atoms with van der Waals surface area (Å²) in [5.41, 5.74) is 1.94. The lowest BCUT2D eigenvalue weighted by molar-refractivity contribution is -0.384. The fourth-order valence-corrected chi connectivity index (χ4v) is 2.82. The molecule has 2 atom stereocenters. The van der Waals surface area contributed by atoms with Crippen LogP contribution >= 0.6 is 0 Å². The third-order valence-electron chi connectivity index (χ3n) is 4.03. The lowest BCUT2D eigenvalue weighted by Gasteiger charge is -2.19. The standard InChI is InChI=1S/C14H20N2O3/c1-10-7-13(16(18)19)5-6-14(10)15-8-11-3-2-4-12(11)9-17/h5-7,11-12,15,17H,2-4,8-9H2,1H3. The van der Waals surface area contributed by atoms with Gasteiger partial charge in [0.05, 0.1) is 4.92 Å². The Morgan fingerprint density at radius 3 is 2.79 bits per heavy atom. The van der Waals surface area contributed by atoms with E-state index in [0.717, 1.165) is 30.6 Å². The summed E-state index contributed by atoms with van der Waals surface area (Å²) in [6, 6.07) is 4.87. The van der Waals surface area contributed by atoms with E-state index in [4.69, 9.17) is 0 Å². The quantitative estimate of drug-likeness (QED) is 0.633. The van der Waals surface area contributed by atoms with Crippen LogP contribution in [0.25, 0.3) is 0 Å². The van der Waals surface area contributed by atoms with E-state index in [0.29, 0.717) is 11.8 Å². The van der Waals surface area contributed by atoms with E-state index in [1.165, 1.54) is 12.5 Å². The highest BCUT2D eigenvalue weighted by molar-refractivity contribution is 5.55. The highest BCUT2D eigenvalue weighted by Crippen LogP contribution is 2.32. The number of aliphatic hydroxyl groups is 1. The van der Waals surface area contributed by atoms with Gasteiger partial charge in [-0.2, -0.15) is 0 Å². The maximum atomic E-state index is 10.7. The summed E-state index contributed by atoms with van der Waals surface area (Å²) in [6.45, 7) is 2.95. The molecule has 0 bridgehead atoms. The van der Waals surface area contributed by atoms with Gasteiger partial charge in [0, 0.05) is 31.0 Å². The molecule has 1 aromatic carbocycles. The molecule has 2 unspecified atom stereocenters. The van der Waals surface area contributed by atoms with Crippen LogP contribution in [0.15, 0.2) is 18.2 Å². The average molecular weight is 264 g/mol. The van der Waals surface area contributed by atoms with Gasteiger partial charge in [-0.05, 0) is 43.2 Å². The highest BCUT2D eigenvalue weighted by Gasteiger charge is 2.26. The molecule has 1 aliphatic carbocycles. The van der Waals surface area contributed by atoms with Crippen LogP contribution in [0.2, 0.25) is 0 Å². The first-order valence-electron chi connectivity index (χ1n) is 6.71. The fraction of sp³-hybridized carbons (Fsp3) is 0.571. The van der Waals surface area contributed by atoms with Crippen molar-refractivity contribution in [2.24, 2.45) is 11.8 Å². The number of hydrogen-bond acceptors (Lipinski definition) is 4. The number of non-ortho nitro benzene ring substituents is 1. The molecule has 1 saturated carbocycles. The summed E-state index contributed by atoms with van der Waals surface area (Å²) in [6.07, 6.45) is 3.42. The summed E-state index contributed by atoms with van der Waals surface area (Å²) in [7, 11) is 0. The summed E-state index contributed by atoms with van der Waals surface area (Å²) in [5, 5.41) is 23.3. The number of aryl methyl sites for hydroxylation is 1. The fourth-order valence-electron chi connectivity index (χ4n) is 2.82. The minimum atomic E-state index is -0.379. The zero-order valence-electron chi connectivity index (χ0n) is 11.1. The second-order valence-electron chi connectivity index (χ2n) is 5.27. The first-order valence-corrected chi connectivity index (χ1v) is 6.71. The van der Waals surface area contributed by atoms with Crippen LogP contribution < -0.4 is 5.32 Å². The molecule has 0 radical (unpaired) electrons. The number of nitro groups is 1. The van der Waals surface area contributed by atoms with E-state index >= 15 is 0 Å². The molecule has 1 aromatic rings. The number of hydrogen-bond donors (Lipinski definition) is 2. The third-order valence-corrected chi connectivity index (χ3v) is 4.03. The Labute approximate surface area is 112 Å². The lowest BCUT2D eigenvalue weighted by Crippen LogP contribution is -2.21. The molecule has 5 nitrogen and oxygen atoms in total. The van der Waals surface area contributed by atoms with Gasteiger partial charge in [-0.3, -0.25) is 10.1 Å². The first-order chi connectivity index (χ1) is 9.11. The van der Waals surface area contributed by atoms with E-state index in [2.05, 4.69) is 5.32 Å². The molecule has 104 valence electrons. The van der Waals surface area contributed by atoms with Crippen molar-refractivity contribution in [3.05, 3.63) is 33.9 Å². The third kappa shape index (κ3) is 3.23. The molecular weight excluding hydrogens is 244 g/mol. The molecule has 1 fully saturated rings. The van der Waals surface area contributed by atoms with Crippen molar-refractivity contribution in [3.63, 3.8) is 0 Å². The maximum Gasteiger partial charge on any atom is 0.269 e. The van der Waals surface area contributed by atoms with Crippen LogP contribution in [0.1, 0.15) is 24.8 Å². The molecular formula is C14H20N2O3. The zero-order chi connectivity index (χ0) is 13.8. The van der Waals surface area contributed by atoms with Gasteiger partial charge in [-0.1, -0.05) is 6.42 Å². The maximum absolute atomic E-state index is 10.7. The van der Waals surface area contributed by atoms with Crippen LogP contribution in [-0.4, -0.2) is 23.2 Å². The second-order valence-corrected chi connectivity index (χ2v) is 5.27. The van der Waals surface area contributed by atoms with Crippen LogP contribution in [-0.2, 0) is 0 Å². The number of aliphatic hydroxyl groups excluding tert-OH is 1. The van der Waals surface area contributed by atoms with Crippen molar-refractivity contribution in [1.82, 2.24) is 0 Å². The minimum absolute atomic E-state index is 0.122. The molecule has 0 spiro atoms. The van der Waals surface area contributed by atoms with Crippen molar-refractivity contribution < 1.29 is 10.0 Å². The Kier molecular flexibility index (Phi) is 4.37. The van der Waals surface area contributed by atoms with Gasteiger partial charge in [0.1, 0.15) is 0 Å². The summed E-state index contributed by atoms with van der Waals surface area (Å²) in [4.78, 5) is 10.3. The van der Waals surface area contributed by atoms with Crippen LogP contribution in [0, 0.1) is 28.9 Å². The number of rotatable bonds is 5. The van der Waals surface area contributed by atoms with Gasteiger partial charge < -0.3 is 10.4 Å². The number of benzene rings is 1. The molecule has 2 N–H and O–H groups in total. The van der Waals surface area contributed by atoms with Crippen LogP contribution in [0.3, 0.4) is 0 Å². The number of nitrogens with one attached hydrogen (secondary N) is 1. The van der Waals surface area contributed by atoms with E-state index in [1.54, 1.807) is 12.1 Å². The van der Waals surface area contributed by atoms with Crippen molar-refractivity contribution >= 4 is 11.4 Å². The van der Waals surface area contributed by atoms with Crippen LogP contribution in [0.5, 0.6) is 0 Å². The van der Waals surface area contributed by atoms with E-state index in [-0.39, 0.29) is 17.2 Å². The van der Waals surface area contributed by atoms with Gasteiger partial charge in [-0.15, -0.1) is 0 Å². The summed E-state index contributed by atoms with van der Waals surface area (Å²) >= 11 is 0. The smallest absolute Gasteiger partial charge is 0.269 e. The molecule has 5 heteroatoms. The van der Waals surface area contributed by atoms with Crippen molar-refractivity contribution in [2.45, 2.75) is 26.2 Å². The number of nitrogens with zero attached hydrogens (tertiary/aromatic N) is 1. The van der Waals surface area contributed by atoms with E-state index < -0.39 is 0 Å². The topological polar surface area (TPSA) is 75.4 Å². The van der Waals surface area contributed by atoms with Gasteiger partial charge in [0.2, 0.25) is 0 Å². The van der Waals surface area contributed by atoms with Gasteiger partial charge in [0.25, 0.3) is 5.69 Å².